The largest absolute Gasteiger partial charge is 0.454 e. The van der Waals surface area contributed by atoms with Gasteiger partial charge in [-0.1, -0.05) is 30.3 Å². The number of rotatable bonds is 6. The molecular formula is C25H20N2O6. The number of anilines is 1. The minimum Gasteiger partial charge on any atom is -0.454 e. The highest BCUT2D eigenvalue weighted by Gasteiger charge is 2.33. The van der Waals surface area contributed by atoms with Crippen LogP contribution in [0, 0.1) is 0 Å². The van der Waals surface area contributed by atoms with Crippen LogP contribution >= 0.6 is 0 Å². The Morgan fingerprint density at radius 3 is 2.45 bits per heavy atom. The van der Waals surface area contributed by atoms with Gasteiger partial charge in [0.25, 0.3) is 5.91 Å². The van der Waals surface area contributed by atoms with Crippen molar-refractivity contribution in [2.24, 2.45) is 0 Å². The number of ether oxygens (including phenoxy) is 2. The van der Waals surface area contributed by atoms with Gasteiger partial charge in [-0.15, -0.1) is 0 Å². The zero-order valence-corrected chi connectivity index (χ0v) is 17.5. The molecule has 0 aromatic heterocycles. The van der Waals surface area contributed by atoms with Crippen molar-refractivity contribution in [1.82, 2.24) is 5.32 Å². The van der Waals surface area contributed by atoms with Crippen LogP contribution in [0.2, 0.25) is 0 Å². The van der Waals surface area contributed by atoms with Gasteiger partial charge in [-0.25, -0.2) is 0 Å². The average Bonchev–Trinajstić information content (AvgIpc) is 3.32. The summed E-state index contributed by atoms with van der Waals surface area (Å²) in [6.07, 6.45) is 0. The lowest BCUT2D eigenvalue weighted by molar-refractivity contribution is 0.0949. The molecule has 5 rings (SSSR count). The van der Waals surface area contributed by atoms with E-state index in [9.17, 15) is 19.5 Å². The van der Waals surface area contributed by atoms with Crippen LogP contribution in [0.25, 0.3) is 0 Å². The van der Waals surface area contributed by atoms with Gasteiger partial charge < -0.3 is 25.2 Å². The molecule has 1 amide bonds. The summed E-state index contributed by atoms with van der Waals surface area (Å²) in [5, 5.41) is 15.1. The molecule has 0 radical (unpaired) electrons. The number of aliphatic hydroxyl groups is 1. The van der Waals surface area contributed by atoms with E-state index in [0.717, 1.165) is 5.56 Å². The van der Waals surface area contributed by atoms with Crippen molar-refractivity contribution < 1.29 is 29.0 Å². The molecule has 33 heavy (non-hydrogen) atoms. The third kappa shape index (κ3) is 3.60. The third-order valence-corrected chi connectivity index (χ3v) is 5.64. The van der Waals surface area contributed by atoms with Crippen LogP contribution in [-0.4, -0.2) is 42.5 Å². The van der Waals surface area contributed by atoms with Gasteiger partial charge in [0.15, 0.2) is 23.1 Å². The number of hydrogen-bond donors (Lipinski definition) is 3. The fourth-order valence-corrected chi connectivity index (χ4v) is 4.07. The maximum Gasteiger partial charge on any atom is 0.253 e. The van der Waals surface area contributed by atoms with E-state index >= 15 is 0 Å². The fourth-order valence-electron chi connectivity index (χ4n) is 4.07. The van der Waals surface area contributed by atoms with Crippen LogP contribution in [-0.2, 0) is 6.54 Å². The molecule has 1 aliphatic carbocycles. The first-order valence-corrected chi connectivity index (χ1v) is 10.5. The summed E-state index contributed by atoms with van der Waals surface area (Å²) in [5.41, 5.74) is 2.26. The van der Waals surface area contributed by atoms with Crippen molar-refractivity contribution in [3.63, 3.8) is 0 Å². The minimum absolute atomic E-state index is 0.113. The quantitative estimate of drug-likeness (QED) is 0.419. The maximum atomic E-state index is 13.3. The monoisotopic (exact) mass is 444 g/mol. The fraction of sp³-hybridized carbons (Fsp3) is 0.160. The van der Waals surface area contributed by atoms with E-state index in [0.29, 0.717) is 22.6 Å². The van der Waals surface area contributed by atoms with E-state index in [1.54, 1.807) is 36.4 Å². The first-order valence-electron chi connectivity index (χ1n) is 10.5. The van der Waals surface area contributed by atoms with Gasteiger partial charge in [0.05, 0.1) is 23.4 Å². The molecule has 1 aliphatic heterocycles. The molecule has 166 valence electrons. The molecule has 1 heterocycles. The van der Waals surface area contributed by atoms with Crippen LogP contribution in [0.4, 0.5) is 5.69 Å². The number of fused-ring (bicyclic) bond motifs is 3. The number of ketones is 2. The smallest absolute Gasteiger partial charge is 0.253 e. The van der Waals surface area contributed by atoms with Crippen molar-refractivity contribution in [2.45, 2.75) is 6.54 Å². The zero-order chi connectivity index (χ0) is 22.9. The Bertz CT molecular complexity index is 1300. The van der Waals surface area contributed by atoms with Crippen molar-refractivity contribution in [2.75, 3.05) is 25.3 Å². The topological polar surface area (TPSA) is 114 Å². The molecule has 8 nitrogen and oxygen atoms in total. The van der Waals surface area contributed by atoms with E-state index in [-0.39, 0.29) is 60.4 Å². The highest BCUT2D eigenvalue weighted by Crippen LogP contribution is 2.35. The Morgan fingerprint density at radius 1 is 0.909 bits per heavy atom. The van der Waals surface area contributed by atoms with Crippen molar-refractivity contribution in [3.8, 4) is 11.5 Å². The van der Waals surface area contributed by atoms with Crippen molar-refractivity contribution >= 4 is 23.2 Å². The zero-order valence-electron chi connectivity index (χ0n) is 17.5. The molecule has 3 aromatic carbocycles. The summed E-state index contributed by atoms with van der Waals surface area (Å²) >= 11 is 0. The first kappa shape index (κ1) is 20.7. The summed E-state index contributed by atoms with van der Waals surface area (Å²) in [4.78, 5) is 39.4. The predicted octanol–water partition coefficient (Wildman–Crippen LogP) is 2.52. The first-order chi connectivity index (χ1) is 16.1. The van der Waals surface area contributed by atoms with Gasteiger partial charge in [-0.3, -0.25) is 14.4 Å². The Labute approximate surface area is 189 Å². The average molecular weight is 444 g/mol. The van der Waals surface area contributed by atoms with E-state index in [2.05, 4.69) is 10.6 Å². The summed E-state index contributed by atoms with van der Waals surface area (Å²) in [6.45, 7) is 0.292. The molecule has 3 aromatic rings. The third-order valence-electron chi connectivity index (χ3n) is 5.64. The second-order valence-corrected chi connectivity index (χ2v) is 7.64. The van der Waals surface area contributed by atoms with Crippen LogP contribution in [0.3, 0.4) is 0 Å². The Morgan fingerprint density at radius 2 is 1.67 bits per heavy atom. The summed E-state index contributed by atoms with van der Waals surface area (Å²) in [6, 6.07) is 15.0. The van der Waals surface area contributed by atoms with Crippen molar-refractivity contribution in [1.29, 1.82) is 0 Å². The number of amides is 1. The number of benzene rings is 3. The van der Waals surface area contributed by atoms with Crippen molar-refractivity contribution in [3.05, 3.63) is 88.0 Å². The van der Waals surface area contributed by atoms with Crippen LogP contribution in [0.5, 0.6) is 11.5 Å². The molecule has 0 unspecified atom stereocenters. The van der Waals surface area contributed by atoms with Gasteiger partial charge in [-0.2, -0.15) is 0 Å². The lowest BCUT2D eigenvalue weighted by Crippen LogP contribution is -2.28. The molecule has 0 spiro atoms. The Kier molecular flexibility index (Phi) is 5.27. The normalized spacial score (nSPS) is 13.4. The van der Waals surface area contributed by atoms with Gasteiger partial charge in [0.2, 0.25) is 6.79 Å². The Balaban J connectivity index is 1.48. The highest BCUT2D eigenvalue weighted by atomic mass is 16.7. The molecule has 0 saturated carbocycles. The molecule has 0 bridgehead atoms. The second-order valence-electron chi connectivity index (χ2n) is 7.64. The Hall–Kier alpha value is -4.17. The lowest BCUT2D eigenvalue weighted by Gasteiger charge is -2.23. The number of carbonyl (C=O) groups excluding carboxylic acids is 3. The minimum atomic E-state index is -0.421. The molecule has 0 atom stereocenters. The second kappa shape index (κ2) is 8.40. The van der Waals surface area contributed by atoms with E-state index in [1.165, 1.54) is 12.1 Å². The van der Waals surface area contributed by atoms with E-state index in [1.807, 2.05) is 6.07 Å². The number of carbonyl (C=O) groups is 3. The maximum absolute atomic E-state index is 13.3. The molecular weight excluding hydrogens is 424 g/mol. The molecule has 8 heteroatoms. The van der Waals surface area contributed by atoms with Gasteiger partial charge in [-0.05, 0) is 29.8 Å². The van der Waals surface area contributed by atoms with Crippen LogP contribution in [0.1, 0.15) is 47.8 Å². The number of aliphatic hydroxyl groups excluding tert-OH is 1. The predicted molar refractivity (Wildman–Crippen MR) is 119 cm³/mol. The standard InChI is InChI=1S/C25H20N2O6/c28-10-9-26-22-18(25(31)27-12-14-5-8-19-20(11-14)33-13-32-19)7-6-17-21(22)24(30)16-4-2-1-3-15(16)23(17)29/h1-8,11,26,28H,9-10,12-13H2,(H,27,31). The van der Waals surface area contributed by atoms with Crippen LogP contribution < -0.4 is 20.1 Å². The summed E-state index contributed by atoms with van der Waals surface area (Å²) < 4.78 is 10.7. The summed E-state index contributed by atoms with van der Waals surface area (Å²) in [5.74, 6) is 0.225. The number of hydrogen-bond acceptors (Lipinski definition) is 7. The molecule has 0 saturated heterocycles. The van der Waals surface area contributed by atoms with E-state index in [4.69, 9.17) is 9.47 Å². The summed E-state index contributed by atoms with van der Waals surface area (Å²) in [7, 11) is 0. The SMILES string of the molecule is O=C(NCc1ccc2c(c1)OCO2)c1ccc2c(c1NCCO)C(=O)c1ccccc1C2=O. The number of nitrogens with one attached hydrogen (secondary N) is 2. The molecule has 2 aliphatic rings. The van der Waals surface area contributed by atoms with Gasteiger partial charge in [0, 0.05) is 29.8 Å². The van der Waals surface area contributed by atoms with Gasteiger partial charge >= 0.3 is 0 Å². The molecule has 0 fully saturated rings. The lowest BCUT2D eigenvalue weighted by atomic mass is 9.82. The highest BCUT2D eigenvalue weighted by molar-refractivity contribution is 6.31. The molecule has 3 N–H and O–H groups in total. The van der Waals surface area contributed by atoms with Gasteiger partial charge in [0.1, 0.15) is 0 Å². The van der Waals surface area contributed by atoms with E-state index < -0.39 is 5.91 Å². The van der Waals surface area contributed by atoms with Crippen LogP contribution in [0.15, 0.2) is 54.6 Å².